The van der Waals surface area contributed by atoms with Crippen LogP contribution in [0.15, 0.2) is 0 Å². The van der Waals surface area contributed by atoms with Crippen LogP contribution < -0.4 is 10.6 Å². The molecule has 19 heteroatoms. The lowest BCUT2D eigenvalue weighted by Gasteiger charge is -2.63. The Bertz CT molecular complexity index is 1470. The number of carbonyl (C=O) groups is 6. The second-order valence-electron chi connectivity index (χ2n) is 18.0. The van der Waals surface area contributed by atoms with Gasteiger partial charge in [-0.2, -0.15) is 0 Å². The number of carboxylic acids is 4. The lowest BCUT2D eigenvalue weighted by molar-refractivity contribution is -0.202. The summed E-state index contributed by atoms with van der Waals surface area (Å²) in [5, 5.41) is 75.4. The van der Waals surface area contributed by atoms with Crippen LogP contribution in [0.5, 0.6) is 0 Å². The van der Waals surface area contributed by atoms with Crippen molar-refractivity contribution in [3.8, 4) is 0 Å². The predicted molar refractivity (Wildman–Crippen MR) is 209 cm³/mol. The van der Waals surface area contributed by atoms with Crippen molar-refractivity contribution in [2.24, 2.45) is 46.3 Å². The summed E-state index contributed by atoms with van der Waals surface area (Å²) in [7, 11) is 0. The first kappa shape index (κ1) is 48.2. The van der Waals surface area contributed by atoms with Crippen molar-refractivity contribution in [1.29, 1.82) is 0 Å². The van der Waals surface area contributed by atoms with E-state index in [0.717, 1.165) is 24.2 Å². The molecule has 4 fully saturated rings. The van der Waals surface area contributed by atoms with Gasteiger partial charge < -0.3 is 51.1 Å². The summed E-state index contributed by atoms with van der Waals surface area (Å²) in [5.41, 5.74) is -0.523. The molecule has 2 amide bonds. The normalized spacial score (nSPS) is 31.9. The number of carboxylic acid groups (broad SMARTS) is 4. The summed E-state index contributed by atoms with van der Waals surface area (Å²) < 4.78 is 5.07. The van der Waals surface area contributed by atoms with Crippen LogP contribution in [-0.4, -0.2) is 177 Å². The summed E-state index contributed by atoms with van der Waals surface area (Å²) in [6.45, 7) is 3.75. The Morgan fingerprint density at radius 2 is 1.36 bits per heavy atom. The van der Waals surface area contributed by atoms with Gasteiger partial charge in [0.05, 0.1) is 44.9 Å². The third-order valence-electron chi connectivity index (χ3n) is 14.4. The zero-order valence-electron chi connectivity index (χ0n) is 34.7. The first-order chi connectivity index (χ1) is 27.8. The van der Waals surface area contributed by atoms with Gasteiger partial charge in [0.25, 0.3) is 0 Å². The topological polar surface area (TPSA) is 287 Å². The maximum Gasteiger partial charge on any atom is 0.317 e. The van der Waals surface area contributed by atoms with E-state index in [-0.39, 0.29) is 111 Å². The van der Waals surface area contributed by atoms with E-state index in [4.69, 9.17) is 14.9 Å². The molecule has 0 aliphatic heterocycles. The van der Waals surface area contributed by atoms with Crippen molar-refractivity contribution in [2.45, 2.75) is 96.8 Å². The molecule has 336 valence electrons. The van der Waals surface area contributed by atoms with E-state index in [2.05, 4.69) is 31.4 Å². The molecule has 4 unspecified atom stereocenters. The lowest BCUT2D eigenvalue weighted by Crippen LogP contribution is -2.63. The molecule has 0 radical (unpaired) electrons. The number of ether oxygens (including phenoxy) is 1. The number of hydrogen-bond donors (Lipinski definition) is 9. The molecule has 0 aromatic carbocycles. The molecule has 0 saturated heterocycles. The monoisotopic (exact) mass is 841 g/mol. The van der Waals surface area contributed by atoms with Crippen molar-refractivity contribution in [2.75, 3.05) is 72.4 Å². The van der Waals surface area contributed by atoms with E-state index < -0.39 is 68.4 Å². The molecule has 0 spiro atoms. The number of nitrogens with zero attached hydrogens (tertiary/aromatic N) is 3. The van der Waals surface area contributed by atoms with Crippen molar-refractivity contribution in [1.82, 2.24) is 25.3 Å². The van der Waals surface area contributed by atoms with Crippen LogP contribution in [0.4, 0.5) is 0 Å². The molecule has 59 heavy (non-hydrogen) atoms. The molecule has 0 aromatic heterocycles. The van der Waals surface area contributed by atoms with Crippen LogP contribution in [0.25, 0.3) is 0 Å². The van der Waals surface area contributed by atoms with Crippen LogP contribution in [0.2, 0.25) is 0 Å². The zero-order chi connectivity index (χ0) is 43.7. The number of aliphatic carboxylic acids is 4. The van der Waals surface area contributed by atoms with Crippen molar-refractivity contribution < 1.29 is 69.2 Å². The van der Waals surface area contributed by atoms with Gasteiger partial charge in [-0.25, -0.2) is 0 Å². The molecule has 4 saturated carbocycles. The van der Waals surface area contributed by atoms with E-state index in [9.17, 15) is 54.3 Å². The largest absolute Gasteiger partial charge is 0.481 e. The van der Waals surface area contributed by atoms with E-state index >= 15 is 0 Å². The average molecular weight is 842 g/mol. The van der Waals surface area contributed by atoms with Crippen LogP contribution in [0.1, 0.15) is 78.6 Å². The van der Waals surface area contributed by atoms with Gasteiger partial charge in [-0.1, -0.05) is 20.8 Å². The number of fused-ring (bicyclic) bond motifs is 5. The number of nitrogens with one attached hydrogen (secondary N) is 2. The third kappa shape index (κ3) is 12.5. The molecule has 4 rings (SSSR count). The van der Waals surface area contributed by atoms with Crippen molar-refractivity contribution in [3.05, 3.63) is 0 Å². The molecular formula is C40H67N5O14. The highest BCUT2D eigenvalue weighted by atomic mass is 16.6. The van der Waals surface area contributed by atoms with Gasteiger partial charge >= 0.3 is 23.9 Å². The highest BCUT2D eigenvalue weighted by Crippen LogP contribution is 2.68. The number of aliphatic hydroxyl groups is 3. The molecule has 4 aliphatic carbocycles. The number of amides is 2. The van der Waals surface area contributed by atoms with Gasteiger partial charge in [-0.15, -0.1) is 0 Å². The quantitative estimate of drug-likeness (QED) is 0.0568. The van der Waals surface area contributed by atoms with Gasteiger partial charge in [-0.05, 0) is 97.7 Å². The Morgan fingerprint density at radius 1 is 0.746 bits per heavy atom. The third-order valence-corrected chi connectivity index (χ3v) is 14.4. The van der Waals surface area contributed by atoms with Crippen LogP contribution in [-0.2, 0) is 33.5 Å². The molecular weight excluding hydrogens is 774 g/mol. The summed E-state index contributed by atoms with van der Waals surface area (Å²) >= 11 is 0. The second kappa shape index (κ2) is 21.4. The highest BCUT2D eigenvalue weighted by Gasteiger charge is 2.65. The van der Waals surface area contributed by atoms with Gasteiger partial charge in [0.1, 0.15) is 13.5 Å². The summed E-state index contributed by atoms with van der Waals surface area (Å²) in [5.74, 6) is -4.59. The fourth-order valence-electron chi connectivity index (χ4n) is 11.5. The summed E-state index contributed by atoms with van der Waals surface area (Å²) in [6, 6.07) is -0.164. The number of hydrogen-bond acceptors (Lipinski definition) is 13. The second-order valence-corrected chi connectivity index (χ2v) is 18.0. The van der Waals surface area contributed by atoms with Crippen LogP contribution >= 0.6 is 0 Å². The zero-order valence-corrected chi connectivity index (χ0v) is 34.7. The van der Waals surface area contributed by atoms with Crippen molar-refractivity contribution >= 4 is 35.7 Å². The standard InChI is InChI=1S/C40H67N5O14/c1-24(4-7-34(51)52)27-5-6-28-38-29(16-31(48)40(27,28)3)39(2)9-8-26(14-25(39)15-30(38)47)42-32(49)17-41-33(50)18-45(22-59-23-46)13-11-43(19-35(53)54)10-12-44(20-36(55)56)21-37(57)58/h24-31,38,46-48H,4-23H2,1-3H3,(H,41,50)(H,42,49)(H,51,52)(H,53,54)(H,55,56)(H,57,58)/t24?,25-,26-,27+,28?,29?,30+,31-,38?,39-,40+/m0/s1. The number of carbonyl (C=O) groups excluding carboxylic acids is 2. The van der Waals surface area contributed by atoms with E-state index in [1.54, 1.807) is 0 Å². The lowest BCUT2D eigenvalue weighted by atomic mass is 9.43. The maximum atomic E-state index is 13.1. The Morgan fingerprint density at radius 3 is 1.97 bits per heavy atom. The average Bonchev–Trinajstić information content (AvgIpc) is 3.51. The van der Waals surface area contributed by atoms with Crippen molar-refractivity contribution in [3.63, 3.8) is 0 Å². The number of aliphatic hydroxyl groups excluding tert-OH is 3. The molecule has 0 aromatic rings. The molecule has 11 atom stereocenters. The Labute approximate surface area is 345 Å². The minimum Gasteiger partial charge on any atom is -0.481 e. The van der Waals surface area contributed by atoms with E-state index in [1.807, 2.05) is 0 Å². The predicted octanol–water partition coefficient (Wildman–Crippen LogP) is -0.227. The first-order valence-corrected chi connectivity index (χ1v) is 20.9. The Hall–Kier alpha value is -3.46. The summed E-state index contributed by atoms with van der Waals surface area (Å²) in [4.78, 5) is 75.3. The molecule has 9 N–H and O–H groups in total. The number of rotatable bonds is 24. The highest BCUT2D eigenvalue weighted by molar-refractivity contribution is 5.85. The molecule has 0 heterocycles. The van der Waals surface area contributed by atoms with Gasteiger partial charge in [0.2, 0.25) is 11.8 Å². The van der Waals surface area contributed by atoms with E-state index in [0.29, 0.717) is 32.1 Å². The fourth-order valence-corrected chi connectivity index (χ4v) is 11.5. The van der Waals surface area contributed by atoms with Crippen LogP contribution in [0, 0.1) is 46.3 Å². The smallest absolute Gasteiger partial charge is 0.317 e. The first-order valence-electron chi connectivity index (χ1n) is 20.9. The van der Waals surface area contributed by atoms with Gasteiger partial charge in [0, 0.05) is 38.6 Å². The summed E-state index contributed by atoms with van der Waals surface area (Å²) in [6.07, 6.45) is 4.74. The Kier molecular flexibility index (Phi) is 17.5. The SMILES string of the molecule is CC(CCC(=O)O)[C@H]1CCC2C3C(C[C@H](O)[C@@]21C)[C@@]1(C)CC[C@H](NC(=O)CNC(=O)CN(CCN(CCN(CC(=O)O)CC(=O)O)CC(=O)O)COCO)C[C@H]1C[C@H]3O. The molecule has 19 nitrogen and oxygen atoms in total. The van der Waals surface area contributed by atoms with E-state index in [1.165, 1.54) is 9.80 Å². The maximum absolute atomic E-state index is 13.1. The molecule has 0 bridgehead atoms. The minimum atomic E-state index is -1.23. The van der Waals surface area contributed by atoms with Gasteiger partial charge in [0.15, 0.2) is 0 Å². The van der Waals surface area contributed by atoms with Gasteiger partial charge in [-0.3, -0.25) is 43.5 Å². The van der Waals surface area contributed by atoms with Crippen LogP contribution in [0.3, 0.4) is 0 Å². The fraction of sp³-hybridized carbons (Fsp3) is 0.850. The molecule has 4 aliphatic rings. The minimum absolute atomic E-state index is 0.0224. The Balaban J connectivity index is 1.28.